The molecule has 1 fully saturated rings. The summed E-state index contributed by atoms with van der Waals surface area (Å²) in [6, 6.07) is 11.3. The average Bonchev–Trinajstić information content (AvgIpc) is 3.10. The fourth-order valence-electron chi connectivity index (χ4n) is 3.01. The Morgan fingerprint density at radius 2 is 2.16 bits per heavy atom. The summed E-state index contributed by atoms with van der Waals surface area (Å²) < 4.78 is 10.9. The maximum atomic E-state index is 12.3. The minimum Gasteiger partial charge on any atom is -0.374 e. The number of amides is 1. The standard InChI is InChI=1S/C19H25N3O3/c1-14(2)12-22-8-9-24-16(13-22)11-20-19(23)18-10-17(21-25-18)15-6-4-3-5-7-15/h3-7,10,14,16H,8-9,11-13H2,1-2H3,(H,20,23)/t16-/m0/s1. The zero-order valence-corrected chi connectivity index (χ0v) is 14.8. The van der Waals surface area contributed by atoms with Crippen molar-refractivity contribution in [3.63, 3.8) is 0 Å². The first-order chi connectivity index (χ1) is 12.1. The summed E-state index contributed by atoms with van der Waals surface area (Å²) in [6.45, 7) is 8.43. The molecule has 1 N–H and O–H groups in total. The molecule has 25 heavy (non-hydrogen) atoms. The van der Waals surface area contributed by atoms with Gasteiger partial charge in [-0.05, 0) is 5.92 Å². The number of carbonyl (C=O) groups is 1. The van der Waals surface area contributed by atoms with Crippen LogP contribution < -0.4 is 5.32 Å². The van der Waals surface area contributed by atoms with Crippen LogP contribution in [-0.2, 0) is 4.74 Å². The number of hydrogen-bond acceptors (Lipinski definition) is 5. The minimum atomic E-state index is -0.265. The predicted molar refractivity (Wildman–Crippen MR) is 95.3 cm³/mol. The van der Waals surface area contributed by atoms with E-state index in [-0.39, 0.29) is 17.8 Å². The Kier molecular flexibility index (Phi) is 5.83. The highest BCUT2D eigenvalue weighted by atomic mass is 16.5. The normalized spacial score (nSPS) is 18.4. The van der Waals surface area contributed by atoms with Crippen LogP contribution in [0.2, 0.25) is 0 Å². The number of ether oxygens (including phenoxy) is 1. The van der Waals surface area contributed by atoms with Gasteiger partial charge >= 0.3 is 0 Å². The van der Waals surface area contributed by atoms with Gasteiger partial charge in [-0.3, -0.25) is 9.69 Å². The summed E-state index contributed by atoms with van der Waals surface area (Å²) in [5.41, 5.74) is 1.58. The molecule has 2 aromatic rings. The molecule has 0 aliphatic carbocycles. The minimum absolute atomic E-state index is 0.00738. The van der Waals surface area contributed by atoms with E-state index < -0.39 is 0 Å². The van der Waals surface area contributed by atoms with E-state index >= 15 is 0 Å². The second-order valence-corrected chi connectivity index (χ2v) is 6.80. The number of nitrogens with one attached hydrogen (secondary N) is 1. The highest BCUT2D eigenvalue weighted by Crippen LogP contribution is 2.18. The lowest BCUT2D eigenvalue weighted by atomic mass is 10.1. The summed E-state index contributed by atoms with van der Waals surface area (Å²) in [4.78, 5) is 14.7. The van der Waals surface area contributed by atoms with Gasteiger partial charge in [-0.15, -0.1) is 0 Å². The molecule has 0 radical (unpaired) electrons. The third-order valence-electron chi connectivity index (χ3n) is 4.14. The maximum Gasteiger partial charge on any atom is 0.290 e. The lowest BCUT2D eigenvalue weighted by Crippen LogP contribution is -2.48. The first-order valence-electron chi connectivity index (χ1n) is 8.76. The Bertz CT molecular complexity index is 684. The zero-order valence-electron chi connectivity index (χ0n) is 14.8. The van der Waals surface area contributed by atoms with Gasteiger partial charge in [-0.2, -0.15) is 0 Å². The first kappa shape index (κ1) is 17.6. The molecule has 1 amide bonds. The van der Waals surface area contributed by atoms with E-state index in [1.807, 2.05) is 30.3 Å². The molecule has 1 aliphatic heterocycles. The molecule has 0 bridgehead atoms. The van der Waals surface area contributed by atoms with E-state index in [1.54, 1.807) is 6.07 Å². The summed E-state index contributed by atoms with van der Waals surface area (Å²) in [5, 5.41) is 6.85. The van der Waals surface area contributed by atoms with Gasteiger partial charge in [0.05, 0.1) is 12.7 Å². The molecule has 6 nitrogen and oxygen atoms in total. The van der Waals surface area contributed by atoms with E-state index in [9.17, 15) is 4.79 Å². The average molecular weight is 343 g/mol. The molecule has 1 saturated heterocycles. The quantitative estimate of drug-likeness (QED) is 0.872. The van der Waals surface area contributed by atoms with Crippen molar-refractivity contribution in [2.24, 2.45) is 5.92 Å². The summed E-state index contributed by atoms with van der Waals surface area (Å²) in [5.74, 6) is 0.576. The van der Waals surface area contributed by atoms with Crippen molar-refractivity contribution in [1.29, 1.82) is 0 Å². The predicted octanol–water partition coefficient (Wildman–Crippen LogP) is 2.43. The third kappa shape index (κ3) is 4.90. The highest BCUT2D eigenvalue weighted by Gasteiger charge is 2.22. The van der Waals surface area contributed by atoms with Crippen molar-refractivity contribution >= 4 is 5.91 Å². The lowest BCUT2D eigenvalue weighted by molar-refractivity contribution is -0.0296. The second-order valence-electron chi connectivity index (χ2n) is 6.80. The molecule has 6 heteroatoms. The molecule has 0 saturated carbocycles. The van der Waals surface area contributed by atoms with E-state index in [0.29, 0.717) is 24.8 Å². The Balaban J connectivity index is 1.52. The van der Waals surface area contributed by atoms with E-state index in [2.05, 4.69) is 29.2 Å². The molecular weight excluding hydrogens is 318 g/mol. The number of carbonyl (C=O) groups excluding carboxylic acids is 1. The summed E-state index contributed by atoms with van der Waals surface area (Å²) in [7, 11) is 0. The van der Waals surface area contributed by atoms with Crippen LogP contribution >= 0.6 is 0 Å². The van der Waals surface area contributed by atoms with Crippen LogP contribution in [0.25, 0.3) is 11.3 Å². The molecule has 1 atom stereocenters. The van der Waals surface area contributed by atoms with Crippen LogP contribution in [0.3, 0.4) is 0 Å². The Labute approximate surface area is 148 Å². The van der Waals surface area contributed by atoms with Crippen LogP contribution in [0.15, 0.2) is 40.9 Å². The smallest absolute Gasteiger partial charge is 0.290 e. The molecule has 2 heterocycles. The molecule has 134 valence electrons. The van der Waals surface area contributed by atoms with E-state index in [0.717, 1.165) is 25.2 Å². The third-order valence-corrected chi connectivity index (χ3v) is 4.14. The van der Waals surface area contributed by atoms with Crippen LogP contribution in [0.1, 0.15) is 24.4 Å². The molecule has 1 aromatic carbocycles. The van der Waals surface area contributed by atoms with Gasteiger partial charge < -0.3 is 14.6 Å². The van der Waals surface area contributed by atoms with E-state index in [1.165, 1.54) is 0 Å². The van der Waals surface area contributed by atoms with Gasteiger partial charge in [0.1, 0.15) is 5.69 Å². The molecule has 1 aliphatic rings. The van der Waals surface area contributed by atoms with Crippen LogP contribution in [0.5, 0.6) is 0 Å². The largest absolute Gasteiger partial charge is 0.374 e. The number of nitrogens with zero attached hydrogens (tertiary/aromatic N) is 2. The van der Waals surface area contributed by atoms with Gasteiger partial charge in [0.2, 0.25) is 5.76 Å². The number of morpholine rings is 1. The van der Waals surface area contributed by atoms with Crippen LogP contribution in [0, 0.1) is 5.92 Å². The van der Waals surface area contributed by atoms with Crippen LogP contribution in [0.4, 0.5) is 0 Å². The van der Waals surface area contributed by atoms with Gasteiger partial charge in [0, 0.05) is 37.8 Å². The van der Waals surface area contributed by atoms with Gasteiger partial charge in [0.25, 0.3) is 5.91 Å². The van der Waals surface area contributed by atoms with Crippen molar-refractivity contribution < 1.29 is 14.1 Å². The van der Waals surface area contributed by atoms with Crippen molar-refractivity contribution in [3.8, 4) is 11.3 Å². The summed E-state index contributed by atoms with van der Waals surface area (Å²) >= 11 is 0. The van der Waals surface area contributed by atoms with Gasteiger partial charge in [-0.1, -0.05) is 49.3 Å². The topological polar surface area (TPSA) is 67.6 Å². The van der Waals surface area contributed by atoms with Crippen molar-refractivity contribution in [3.05, 3.63) is 42.2 Å². The fraction of sp³-hybridized carbons (Fsp3) is 0.474. The Morgan fingerprint density at radius 1 is 1.36 bits per heavy atom. The molecule has 0 unspecified atom stereocenters. The maximum absolute atomic E-state index is 12.3. The number of hydrogen-bond donors (Lipinski definition) is 1. The highest BCUT2D eigenvalue weighted by molar-refractivity contribution is 5.92. The van der Waals surface area contributed by atoms with Crippen molar-refractivity contribution in [1.82, 2.24) is 15.4 Å². The SMILES string of the molecule is CC(C)CN1CCO[C@@H](CNC(=O)c2cc(-c3ccccc3)no2)C1. The number of benzene rings is 1. The number of aromatic nitrogens is 1. The van der Waals surface area contributed by atoms with Crippen molar-refractivity contribution in [2.75, 3.05) is 32.8 Å². The summed E-state index contributed by atoms with van der Waals surface area (Å²) in [6.07, 6.45) is 0.00738. The van der Waals surface area contributed by atoms with Gasteiger partial charge in [-0.25, -0.2) is 0 Å². The molecule has 0 spiro atoms. The molecule has 3 rings (SSSR count). The monoisotopic (exact) mass is 343 g/mol. The van der Waals surface area contributed by atoms with E-state index in [4.69, 9.17) is 9.26 Å². The van der Waals surface area contributed by atoms with Crippen molar-refractivity contribution in [2.45, 2.75) is 20.0 Å². The first-order valence-corrected chi connectivity index (χ1v) is 8.76. The Morgan fingerprint density at radius 3 is 2.92 bits per heavy atom. The molecular formula is C19H25N3O3. The Hall–Kier alpha value is -2.18. The lowest BCUT2D eigenvalue weighted by Gasteiger charge is -2.33. The fourth-order valence-corrected chi connectivity index (χ4v) is 3.01. The second kappa shape index (κ2) is 8.27. The van der Waals surface area contributed by atoms with Crippen LogP contribution in [-0.4, -0.2) is 54.9 Å². The number of rotatable bonds is 6. The molecule has 1 aromatic heterocycles. The van der Waals surface area contributed by atoms with Gasteiger partial charge in [0.15, 0.2) is 0 Å². The zero-order chi connectivity index (χ0) is 17.6.